The Morgan fingerprint density at radius 3 is 2.78 bits per heavy atom. The fourth-order valence-corrected chi connectivity index (χ4v) is 2.42. The van der Waals surface area contributed by atoms with Gasteiger partial charge < -0.3 is 10.3 Å². The number of hydrogen-bond donors (Lipinski definition) is 2. The van der Waals surface area contributed by atoms with Crippen molar-refractivity contribution in [3.8, 4) is 0 Å². The topological polar surface area (TPSA) is 48.1 Å². The van der Waals surface area contributed by atoms with Gasteiger partial charge in [0.25, 0.3) is 5.56 Å². The molecule has 0 saturated carbocycles. The first-order chi connectivity index (χ1) is 8.83. The molecule has 1 aliphatic heterocycles. The van der Waals surface area contributed by atoms with E-state index < -0.39 is 0 Å². The van der Waals surface area contributed by atoms with Crippen LogP contribution in [0.1, 0.15) is 5.56 Å². The number of hydrogen-bond acceptors (Lipinski definition) is 3. The summed E-state index contributed by atoms with van der Waals surface area (Å²) in [7, 11) is 0. The van der Waals surface area contributed by atoms with E-state index in [1.165, 1.54) is 0 Å². The van der Waals surface area contributed by atoms with Gasteiger partial charge in [-0.2, -0.15) is 0 Å². The lowest BCUT2D eigenvalue weighted by molar-refractivity contribution is 0.232. The van der Waals surface area contributed by atoms with E-state index in [0.29, 0.717) is 0 Å². The molecule has 1 aromatic carbocycles. The molecule has 2 heterocycles. The van der Waals surface area contributed by atoms with E-state index in [9.17, 15) is 4.79 Å². The standard InChI is InChI=1S/C14H17N3O/c18-14-12(10-17-7-5-15-6-8-17)9-11-3-1-2-4-13(11)16-14/h1-4,9,15H,5-8,10H2,(H,16,18). The molecule has 1 fully saturated rings. The van der Waals surface area contributed by atoms with Crippen molar-refractivity contribution in [3.63, 3.8) is 0 Å². The lowest BCUT2D eigenvalue weighted by atomic mass is 10.1. The maximum atomic E-state index is 12.0. The molecule has 0 radical (unpaired) electrons. The summed E-state index contributed by atoms with van der Waals surface area (Å²) >= 11 is 0. The van der Waals surface area contributed by atoms with Crippen molar-refractivity contribution in [1.82, 2.24) is 15.2 Å². The molecule has 18 heavy (non-hydrogen) atoms. The number of rotatable bonds is 2. The van der Waals surface area contributed by atoms with Crippen LogP contribution in [0, 0.1) is 0 Å². The van der Waals surface area contributed by atoms with Gasteiger partial charge in [-0.3, -0.25) is 9.69 Å². The van der Waals surface area contributed by atoms with Gasteiger partial charge in [0.1, 0.15) is 0 Å². The molecular weight excluding hydrogens is 226 g/mol. The monoisotopic (exact) mass is 243 g/mol. The Kier molecular flexibility index (Phi) is 3.13. The summed E-state index contributed by atoms with van der Waals surface area (Å²) in [5.41, 5.74) is 1.80. The van der Waals surface area contributed by atoms with Crippen molar-refractivity contribution in [3.05, 3.63) is 46.2 Å². The van der Waals surface area contributed by atoms with Crippen molar-refractivity contribution in [2.24, 2.45) is 0 Å². The highest BCUT2D eigenvalue weighted by Gasteiger charge is 2.12. The molecule has 0 unspecified atom stereocenters. The third-order valence-corrected chi connectivity index (χ3v) is 3.43. The summed E-state index contributed by atoms with van der Waals surface area (Å²) in [6.07, 6.45) is 0. The lowest BCUT2D eigenvalue weighted by Crippen LogP contribution is -2.43. The number of para-hydroxylation sites is 1. The summed E-state index contributed by atoms with van der Waals surface area (Å²) in [4.78, 5) is 17.3. The Bertz CT molecular complexity index is 599. The third kappa shape index (κ3) is 2.30. The number of benzene rings is 1. The Morgan fingerprint density at radius 2 is 1.94 bits per heavy atom. The van der Waals surface area contributed by atoms with Crippen LogP contribution < -0.4 is 10.9 Å². The maximum absolute atomic E-state index is 12.0. The van der Waals surface area contributed by atoms with E-state index in [-0.39, 0.29) is 5.56 Å². The first-order valence-corrected chi connectivity index (χ1v) is 6.37. The summed E-state index contributed by atoms with van der Waals surface area (Å²) in [6.45, 7) is 4.76. The maximum Gasteiger partial charge on any atom is 0.252 e. The number of pyridine rings is 1. The molecule has 2 aromatic rings. The fourth-order valence-electron chi connectivity index (χ4n) is 2.42. The molecule has 0 atom stereocenters. The number of nitrogens with one attached hydrogen (secondary N) is 2. The quantitative estimate of drug-likeness (QED) is 0.825. The minimum absolute atomic E-state index is 0.0345. The molecule has 2 N–H and O–H groups in total. The second kappa shape index (κ2) is 4.92. The third-order valence-electron chi connectivity index (χ3n) is 3.43. The van der Waals surface area contributed by atoms with Crippen LogP contribution in [0.3, 0.4) is 0 Å². The van der Waals surface area contributed by atoms with Crippen molar-refractivity contribution in [2.45, 2.75) is 6.54 Å². The van der Waals surface area contributed by atoms with Crippen LogP contribution in [0.25, 0.3) is 10.9 Å². The first-order valence-electron chi connectivity index (χ1n) is 6.37. The average Bonchev–Trinajstić information content (AvgIpc) is 2.41. The molecule has 0 amide bonds. The molecule has 1 saturated heterocycles. The van der Waals surface area contributed by atoms with E-state index >= 15 is 0 Å². The van der Waals surface area contributed by atoms with Crippen molar-refractivity contribution in [2.75, 3.05) is 26.2 Å². The number of fused-ring (bicyclic) bond motifs is 1. The van der Waals surface area contributed by atoms with Gasteiger partial charge in [0.05, 0.1) is 0 Å². The predicted octanol–water partition coefficient (Wildman–Crippen LogP) is 0.933. The van der Waals surface area contributed by atoms with Crippen molar-refractivity contribution in [1.29, 1.82) is 0 Å². The number of H-pyrrole nitrogens is 1. The Labute approximate surface area is 106 Å². The number of aromatic nitrogens is 1. The van der Waals surface area contributed by atoms with Gasteiger partial charge in [-0.15, -0.1) is 0 Å². The highest BCUT2D eigenvalue weighted by Crippen LogP contribution is 2.11. The number of aromatic amines is 1. The van der Waals surface area contributed by atoms with Crippen LogP contribution in [0.15, 0.2) is 35.1 Å². The second-order valence-electron chi connectivity index (χ2n) is 4.74. The smallest absolute Gasteiger partial charge is 0.252 e. The van der Waals surface area contributed by atoms with E-state index in [4.69, 9.17) is 0 Å². The average molecular weight is 243 g/mol. The summed E-state index contributed by atoms with van der Waals surface area (Å²) < 4.78 is 0. The van der Waals surface area contributed by atoms with E-state index in [0.717, 1.165) is 49.2 Å². The highest BCUT2D eigenvalue weighted by molar-refractivity contribution is 5.78. The molecule has 3 rings (SSSR count). The molecule has 1 aliphatic rings. The zero-order valence-electron chi connectivity index (χ0n) is 10.3. The highest BCUT2D eigenvalue weighted by atomic mass is 16.1. The normalized spacial score (nSPS) is 17.1. The molecule has 0 bridgehead atoms. The zero-order chi connectivity index (χ0) is 12.4. The number of nitrogens with zero attached hydrogens (tertiary/aromatic N) is 1. The molecular formula is C14H17N3O. The predicted molar refractivity (Wildman–Crippen MR) is 72.7 cm³/mol. The Balaban J connectivity index is 1.91. The summed E-state index contributed by atoms with van der Waals surface area (Å²) in [6, 6.07) is 9.91. The van der Waals surface area contributed by atoms with E-state index in [1.807, 2.05) is 30.3 Å². The van der Waals surface area contributed by atoms with Gasteiger partial charge in [-0.1, -0.05) is 18.2 Å². The van der Waals surface area contributed by atoms with Gasteiger partial charge >= 0.3 is 0 Å². The van der Waals surface area contributed by atoms with Gasteiger partial charge in [-0.25, -0.2) is 0 Å². The van der Waals surface area contributed by atoms with Gasteiger partial charge in [0.15, 0.2) is 0 Å². The van der Waals surface area contributed by atoms with Crippen LogP contribution in [-0.2, 0) is 6.54 Å². The van der Waals surface area contributed by atoms with Crippen LogP contribution in [0.5, 0.6) is 0 Å². The second-order valence-corrected chi connectivity index (χ2v) is 4.74. The zero-order valence-corrected chi connectivity index (χ0v) is 10.3. The molecule has 0 aliphatic carbocycles. The summed E-state index contributed by atoms with van der Waals surface area (Å²) in [5, 5.41) is 4.42. The summed E-state index contributed by atoms with van der Waals surface area (Å²) in [5.74, 6) is 0. The molecule has 0 spiro atoms. The van der Waals surface area contributed by atoms with Gasteiger partial charge in [0, 0.05) is 43.8 Å². The van der Waals surface area contributed by atoms with Crippen LogP contribution in [0.4, 0.5) is 0 Å². The van der Waals surface area contributed by atoms with Crippen LogP contribution in [-0.4, -0.2) is 36.1 Å². The minimum atomic E-state index is 0.0345. The largest absolute Gasteiger partial charge is 0.322 e. The molecule has 1 aromatic heterocycles. The lowest BCUT2D eigenvalue weighted by Gasteiger charge is -2.26. The fraction of sp³-hybridized carbons (Fsp3) is 0.357. The number of piperazine rings is 1. The molecule has 94 valence electrons. The van der Waals surface area contributed by atoms with Crippen LogP contribution >= 0.6 is 0 Å². The molecule has 4 nitrogen and oxygen atoms in total. The van der Waals surface area contributed by atoms with E-state index in [1.54, 1.807) is 0 Å². The molecule has 4 heteroatoms. The van der Waals surface area contributed by atoms with E-state index in [2.05, 4.69) is 15.2 Å². The SMILES string of the molecule is O=c1[nH]c2ccccc2cc1CN1CCNCC1. The van der Waals surface area contributed by atoms with Crippen molar-refractivity contribution < 1.29 is 0 Å². The van der Waals surface area contributed by atoms with Gasteiger partial charge in [0.2, 0.25) is 0 Å². The first kappa shape index (κ1) is 11.4. The van der Waals surface area contributed by atoms with Gasteiger partial charge in [-0.05, 0) is 17.5 Å². The minimum Gasteiger partial charge on any atom is -0.322 e. The Hall–Kier alpha value is -1.65. The Morgan fingerprint density at radius 1 is 1.17 bits per heavy atom. The van der Waals surface area contributed by atoms with Crippen LogP contribution in [0.2, 0.25) is 0 Å². The van der Waals surface area contributed by atoms with Crippen molar-refractivity contribution >= 4 is 10.9 Å².